The monoisotopic (exact) mass is 311 g/mol. The lowest BCUT2D eigenvalue weighted by Crippen LogP contribution is -2.31. The molecule has 1 unspecified atom stereocenters. The van der Waals surface area contributed by atoms with E-state index in [0.717, 1.165) is 25.1 Å². The summed E-state index contributed by atoms with van der Waals surface area (Å²) in [6.45, 7) is 3.71. The predicted octanol–water partition coefficient (Wildman–Crippen LogP) is 2.82. The van der Waals surface area contributed by atoms with Crippen LogP contribution in [0.2, 0.25) is 0 Å². The Morgan fingerprint density at radius 1 is 1.13 bits per heavy atom. The first-order chi connectivity index (χ1) is 11.1. The van der Waals surface area contributed by atoms with Crippen molar-refractivity contribution in [3.05, 3.63) is 66.0 Å². The van der Waals surface area contributed by atoms with E-state index in [1.807, 2.05) is 61.8 Å². The van der Waals surface area contributed by atoms with Gasteiger partial charge in [-0.15, -0.1) is 0 Å². The number of nitrogens with one attached hydrogen (secondary N) is 1. The first-order valence-electron chi connectivity index (χ1n) is 8.07. The lowest BCUT2D eigenvalue weighted by molar-refractivity contribution is -0.122. The van der Waals surface area contributed by atoms with E-state index < -0.39 is 0 Å². The molecule has 0 bridgehead atoms. The van der Waals surface area contributed by atoms with Crippen LogP contribution in [0.3, 0.4) is 0 Å². The molecular formula is C19H25N3O. The van der Waals surface area contributed by atoms with Gasteiger partial charge in [-0.1, -0.05) is 30.3 Å². The molecule has 1 atom stereocenters. The number of hydrogen-bond acceptors (Lipinski definition) is 3. The fourth-order valence-electron chi connectivity index (χ4n) is 2.41. The van der Waals surface area contributed by atoms with Gasteiger partial charge in [0.1, 0.15) is 0 Å². The zero-order valence-electron chi connectivity index (χ0n) is 13.9. The summed E-state index contributed by atoms with van der Waals surface area (Å²) in [7, 11) is 2.05. The molecule has 1 aromatic carbocycles. The zero-order valence-corrected chi connectivity index (χ0v) is 13.9. The third-order valence-electron chi connectivity index (χ3n) is 3.93. The molecule has 2 rings (SSSR count). The predicted molar refractivity (Wildman–Crippen MR) is 93.1 cm³/mol. The van der Waals surface area contributed by atoms with E-state index in [-0.39, 0.29) is 11.9 Å². The van der Waals surface area contributed by atoms with Crippen LogP contribution in [-0.4, -0.2) is 35.9 Å². The van der Waals surface area contributed by atoms with Gasteiger partial charge >= 0.3 is 0 Å². The Hall–Kier alpha value is -2.20. The zero-order chi connectivity index (χ0) is 16.5. The van der Waals surface area contributed by atoms with Crippen LogP contribution in [0.15, 0.2) is 54.9 Å². The van der Waals surface area contributed by atoms with Gasteiger partial charge < -0.3 is 10.2 Å². The molecule has 0 spiro atoms. The lowest BCUT2D eigenvalue weighted by atomic mass is 10.1. The molecule has 23 heavy (non-hydrogen) atoms. The second kappa shape index (κ2) is 9.06. The van der Waals surface area contributed by atoms with Crippen molar-refractivity contribution in [1.29, 1.82) is 0 Å². The average Bonchev–Trinajstić information content (AvgIpc) is 2.60. The smallest absolute Gasteiger partial charge is 0.221 e. The molecule has 0 saturated heterocycles. The highest BCUT2D eigenvalue weighted by molar-refractivity contribution is 5.76. The maximum absolute atomic E-state index is 12.1. The summed E-state index contributed by atoms with van der Waals surface area (Å²) < 4.78 is 0. The van der Waals surface area contributed by atoms with E-state index >= 15 is 0 Å². The molecule has 1 heterocycles. The summed E-state index contributed by atoms with van der Waals surface area (Å²) in [5.41, 5.74) is 2.40. The van der Waals surface area contributed by atoms with E-state index in [4.69, 9.17) is 0 Å². The summed E-state index contributed by atoms with van der Waals surface area (Å²) in [5.74, 6) is 0.0946. The minimum absolute atomic E-state index is 0.0471. The van der Waals surface area contributed by atoms with Crippen molar-refractivity contribution in [3.63, 3.8) is 0 Å². The molecule has 1 N–H and O–H groups in total. The number of rotatable bonds is 8. The normalized spacial score (nSPS) is 12.1. The summed E-state index contributed by atoms with van der Waals surface area (Å²) in [6.07, 6.45) is 5.12. The molecule has 4 nitrogen and oxygen atoms in total. The molecule has 0 fully saturated rings. The number of nitrogens with zero attached hydrogens (tertiary/aromatic N) is 2. The maximum atomic E-state index is 12.1. The van der Waals surface area contributed by atoms with Gasteiger partial charge in [-0.05, 0) is 43.7 Å². The number of aromatic nitrogens is 1. The second-order valence-electron chi connectivity index (χ2n) is 5.86. The highest BCUT2D eigenvalue weighted by Crippen LogP contribution is 2.11. The highest BCUT2D eigenvalue weighted by atomic mass is 16.1. The molecule has 0 aliphatic heterocycles. The molecule has 122 valence electrons. The Bertz CT molecular complexity index is 586. The minimum Gasteiger partial charge on any atom is -0.350 e. The lowest BCUT2D eigenvalue weighted by Gasteiger charge is -2.18. The molecule has 0 radical (unpaired) electrons. The maximum Gasteiger partial charge on any atom is 0.221 e. The van der Waals surface area contributed by atoms with Gasteiger partial charge in [-0.2, -0.15) is 0 Å². The van der Waals surface area contributed by atoms with Gasteiger partial charge in [0.15, 0.2) is 0 Å². The van der Waals surface area contributed by atoms with Gasteiger partial charge in [-0.3, -0.25) is 9.78 Å². The molecule has 1 aromatic heterocycles. The number of likely N-dealkylation sites (N-methyl/N-ethyl adjacent to an activating group) is 1. The number of carbonyl (C=O) groups is 1. The molecule has 0 saturated carbocycles. The molecule has 1 amide bonds. The van der Waals surface area contributed by atoms with Gasteiger partial charge in [0.05, 0.1) is 6.04 Å². The van der Waals surface area contributed by atoms with Crippen molar-refractivity contribution in [3.8, 4) is 0 Å². The Balaban J connectivity index is 1.67. The van der Waals surface area contributed by atoms with Crippen LogP contribution in [0.4, 0.5) is 0 Å². The van der Waals surface area contributed by atoms with Crippen molar-refractivity contribution >= 4 is 5.91 Å². The number of pyridine rings is 1. The second-order valence-corrected chi connectivity index (χ2v) is 5.86. The topological polar surface area (TPSA) is 45.2 Å². The summed E-state index contributed by atoms with van der Waals surface area (Å²) >= 11 is 0. The number of benzene rings is 1. The van der Waals surface area contributed by atoms with Crippen LogP contribution < -0.4 is 5.32 Å². The van der Waals surface area contributed by atoms with Crippen LogP contribution in [0.1, 0.15) is 30.5 Å². The first-order valence-corrected chi connectivity index (χ1v) is 8.07. The third-order valence-corrected chi connectivity index (χ3v) is 3.93. The van der Waals surface area contributed by atoms with Crippen LogP contribution in [0.5, 0.6) is 0 Å². The fraction of sp³-hybridized carbons (Fsp3) is 0.368. The van der Waals surface area contributed by atoms with E-state index in [1.165, 1.54) is 5.56 Å². The number of carbonyl (C=O) groups excluding carboxylic acids is 1. The Labute approximate surface area is 138 Å². The molecule has 4 heteroatoms. The SMILES string of the molecule is CC(NC(=O)CCN(C)CCc1ccncc1)c1ccccc1. The summed E-state index contributed by atoms with van der Waals surface area (Å²) in [4.78, 5) is 18.3. The van der Waals surface area contributed by atoms with Crippen LogP contribution in [0, 0.1) is 0 Å². The quantitative estimate of drug-likeness (QED) is 0.815. The number of amides is 1. The summed E-state index contributed by atoms with van der Waals surface area (Å²) in [6, 6.07) is 14.1. The van der Waals surface area contributed by atoms with Gasteiger partial charge in [0, 0.05) is 31.9 Å². The molecular weight excluding hydrogens is 286 g/mol. The van der Waals surface area contributed by atoms with Crippen molar-refractivity contribution in [2.45, 2.75) is 25.8 Å². The Morgan fingerprint density at radius 3 is 2.52 bits per heavy atom. The Morgan fingerprint density at radius 2 is 1.83 bits per heavy atom. The van der Waals surface area contributed by atoms with Crippen LogP contribution in [0.25, 0.3) is 0 Å². The third kappa shape index (κ3) is 6.20. The average molecular weight is 311 g/mol. The van der Waals surface area contributed by atoms with Crippen molar-refractivity contribution in [1.82, 2.24) is 15.2 Å². The minimum atomic E-state index is 0.0471. The van der Waals surface area contributed by atoms with Gasteiger partial charge in [0.2, 0.25) is 5.91 Å². The fourth-order valence-corrected chi connectivity index (χ4v) is 2.41. The van der Waals surface area contributed by atoms with Crippen molar-refractivity contribution in [2.75, 3.05) is 20.1 Å². The van der Waals surface area contributed by atoms with E-state index in [2.05, 4.69) is 22.2 Å². The molecule has 0 aliphatic carbocycles. The van der Waals surface area contributed by atoms with Crippen LogP contribution >= 0.6 is 0 Å². The Kier molecular flexibility index (Phi) is 6.76. The van der Waals surface area contributed by atoms with Crippen molar-refractivity contribution < 1.29 is 4.79 Å². The number of hydrogen-bond donors (Lipinski definition) is 1. The van der Waals surface area contributed by atoms with E-state index in [9.17, 15) is 4.79 Å². The van der Waals surface area contributed by atoms with Crippen molar-refractivity contribution in [2.24, 2.45) is 0 Å². The van der Waals surface area contributed by atoms with E-state index in [0.29, 0.717) is 6.42 Å². The van der Waals surface area contributed by atoms with Crippen LogP contribution in [-0.2, 0) is 11.2 Å². The highest BCUT2D eigenvalue weighted by Gasteiger charge is 2.10. The van der Waals surface area contributed by atoms with Gasteiger partial charge in [0.25, 0.3) is 0 Å². The van der Waals surface area contributed by atoms with E-state index in [1.54, 1.807) is 0 Å². The first kappa shape index (κ1) is 17.2. The molecule has 0 aliphatic rings. The largest absolute Gasteiger partial charge is 0.350 e. The van der Waals surface area contributed by atoms with Gasteiger partial charge in [-0.25, -0.2) is 0 Å². The molecule has 2 aromatic rings. The standard InChI is InChI=1S/C19H25N3O/c1-16(18-6-4-3-5-7-18)21-19(23)11-15-22(2)14-10-17-8-12-20-13-9-17/h3-9,12-13,16H,10-11,14-15H2,1-2H3,(H,21,23). The summed E-state index contributed by atoms with van der Waals surface area (Å²) in [5, 5.41) is 3.05.